The zero-order valence-electron chi connectivity index (χ0n) is 13.8. The van der Waals surface area contributed by atoms with Crippen molar-refractivity contribution in [3.63, 3.8) is 0 Å². The molecule has 6 heteroatoms. The lowest BCUT2D eigenvalue weighted by molar-refractivity contribution is -0.137. The molecule has 3 aromatic rings. The number of hydrogen-bond acceptors (Lipinski definition) is 3. The van der Waals surface area contributed by atoms with Crippen molar-refractivity contribution in [3.05, 3.63) is 65.0 Å². The summed E-state index contributed by atoms with van der Waals surface area (Å²) in [6, 6.07) is 13.4. The van der Waals surface area contributed by atoms with Crippen LogP contribution in [0, 0.1) is 6.92 Å². The first-order valence-electron chi connectivity index (χ1n) is 7.87. The van der Waals surface area contributed by atoms with Crippen molar-refractivity contribution in [2.45, 2.75) is 20.0 Å². The van der Waals surface area contributed by atoms with Gasteiger partial charge < -0.3 is 4.90 Å². The topological polar surface area (TPSA) is 16.1 Å². The molecule has 1 aromatic heterocycles. The Morgan fingerprint density at radius 1 is 1.04 bits per heavy atom. The smallest absolute Gasteiger partial charge is 0.318 e. The lowest BCUT2D eigenvalue weighted by Crippen LogP contribution is -2.16. The minimum Gasteiger partial charge on any atom is -0.318 e. The summed E-state index contributed by atoms with van der Waals surface area (Å²) in [5, 5.41) is 2.37. The van der Waals surface area contributed by atoms with Gasteiger partial charge in [0.25, 0.3) is 0 Å². The predicted molar refractivity (Wildman–Crippen MR) is 96.4 cm³/mol. The fraction of sp³-hybridized carbons (Fsp3) is 0.211. The second-order valence-electron chi connectivity index (χ2n) is 5.59. The van der Waals surface area contributed by atoms with E-state index in [4.69, 9.17) is 0 Å². The Morgan fingerprint density at radius 3 is 2.40 bits per heavy atom. The minimum atomic E-state index is -4.40. The Balaban J connectivity index is 2.03. The van der Waals surface area contributed by atoms with Crippen molar-refractivity contribution in [2.75, 3.05) is 11.4 Å². The summed E-state index contributed by atoms with van der Waals surface area (Å²) in [5.74, 6) is 0. The van der Waals surface area contributed by atoms with Crippen LogP contribution >= 0.6 is 11.3 Å². The van der Waals surface area contributed by atoms with E-state index in [0.29, 0.717) is 17.4 Å². The SMILES string of the molecule is CCN(c1nc(-c2ccccc2C(F)(F)F)cs1)c1ccccc1C. The average Bonchev–Trinajstić information content (AvgIpc) is 3.06. The number of nitrogens with zero attached hydrogens (tertiary/aromatic N) is 2. The van der Waals surface area contributed by atoms with E-state index in [1.807, 2.05) is 43.0 Å². The van der Waals surface area contributed by atoms with Gasteiger partial charge in [0.05, 0.1) is 11.3 Å². The quantitative estimate of drug-likeness (QED) is 0.542. The molecule has 2 aromatic carbocycles. The van der Waals surface area contributed by atoms with E-state index in [9.17, 15) is 13.2 Å². The molecule has 0 bridgehead atoms. The molecule has 0 unspecified atom stereocenters. The van der Waals surface area contributed by atoms with Gasteiger partial charge in [-0.1, -0.05) is 36.4 Å². The van der Waals surface area contributed by atoms with Crippen LogP contribution in [0.5, 0.6) is 0 Å². The molecule has 2 nitrogen and oxygen atoms in total. The number of aryl methyl sites for hydroxylation is 1. The van der Waals surface area contributed by atoms with E-state index in [1.165, 1.54) is 23.5 Å². The number of thiazole rings is 1. The standard InChI is InChI=1S/C19H17F3N2S/c1-3-24(17-11-7-4-8-13(17)2)18-23-16(12-25-18)14-9-5-6-10-15(14)19(20,21)22/h4-12H,3H2,1-2H3. The largest absolute Gasteiger partial charge is 0.417 e. The number of halogens is 3. The number of benzene rings is 2. The van der Waals surface area contributed by atoms with E-state index in [1.54, 1.807) is 11.4 Å². The highest BCUT2D eigenvalue weighted by Crippen LogP contribution is 2.39. The summed E-state index contributed by atoms with van der Waals surface area (Å²) >= 11 is 1.35. The van der Waals surface area contributed by atoms with Crippen LogP contribution in [0.1, 0.15) is 18.1 Å². The van der Waals surface area contributed by atoms with E-state index in [0.717, 1.165) is 17.3 Å². The van der Waals surface area contributed by atoms with E-state index in [-0.39, 0.29) is 5.56 Å². The van der Waals surface area contributed by atoms with Crippen LogP contribution < -0.4 is 4.90 Å². The van der Waals surface area contributed by atoms with Crippen LogP contribution in [0.4, 0.5) is 24.0 Å². The van der Waals surface area contributed by atoms with Gasteiger partial charge in [-0.15, -0.1) is 11.3 Å². The molecule has 0 radical (unpaired) electrons. The molecule has 0 aliphatic carbocycles. The molecular weight excluding hydrogens is 345 g/mol. The van der Waals surface area contributed by atoms with Crippen LogP contribution in [0.3, 0.4) is 0 Å². The van der Waals surface area contributed by atoms with Crippen molar-refractivity contribution in [1.29, 1.82) is 0 Å². The van der Waals surface area contributed by atoms with Gasteiger partial charge in [-0.2, -0.15) is 13.2 Å². The van der Waals surface area contributed by atoms with Gasteiger partial charge in [-0.25, -0.2) is 4.98 Å². The van der Waals surface area contributed by atoms with Crippen LogP contribution in [0.2, 0.25) is 0 Å². The predicted octanol–water partition coefficient (Wildman–Crippen LogP) is 6.30. The first-order valence-corrected chi connectivity index (χ1v) is 8.75. The molecule has 0 fully saturated rings. The number of aromatic nitrogens is 1. The normalized spacial score (nSPS) is 11.6. The summed E-state index contributed by atoms with van der Waals surface area (Å²) in [5.41, 5.74) is 1.90. The van der Waals surface area contributed by atoms with Crippen molar-refractivity contribution in [2.24, 2.45) is 0 Å². The number of rotatable bonds is 4. The Kier molecular flexibility index (Phi) is 4.81. The Labute approximate surface area is 148 Å². The molecule has 0 saturated heterocycles. The van der Waals surface area contributed by atoms with Gasteiger partial charge in [0.2, 0.25) is 0 Å². The molecule has 1 heterocycles. The Bertz CT molecular complexity index is 871. The molecule has 0 aliphatic heterocycles. The highest BCUT2D eigenvalue weighted by molar-refractivity contribution is 7.14. The molecule has 0 spiro atoms. The zero-order chi connectivity index (χ0) is 18.0. The summed E-state index contributed by atoms with van der Waals surface area (Å²) in [7, 11) is 0. The molecule has 0 saturated carbocycles. The number of para-hydroxylation sites is 1. The van der Waals surface area contributed by atoms with E-state index >= 15 is 0 Å². The van der Waals surface area contributed by atoms with Crippen molar-refractivity contribution in [1.82, 2.24) is 4.98 Å². The minimum absolute atomic E-state index is 0.110. The van der Waals surface area contributed by atoms with Crippen LogP contribution in [-0.2, 0) is 6.18 Å². The molecular formula is C19H17F3N2S. The molecule has 3 rings (SSSR count). The highest BCUT2D eigenvalue weighted by atomic mass is 32.1. The van der Waals surface area contributed by atoms with Gasteiger partial charge in [0.15, 0.2) is 5.13 Å². The average molecular weight is 362 g/mol. The fourth-order valence-electron chi connectivity index (χ4n) is 2.74. The van der Waals surface area contributed by atoms with Gasteiger partial charge in [0, 0.05) is 23.2 Å². The van der Waals surface area contributed by atoms with Crippen LogP contribution in [0.15, 0.2) is 53.9 Å². The van der Waals surface area contributed by atoms with Crippen molar-refractivity contribution >= 4 is 22.2 Å². The number of alkyl halides is 3. The highest BCUT2D eigenvalue weighted by Gasteiger charge is 2.34. The monoisotopic (exact) mass is 362 g/mol. The zero-order valence-corrected chi connectivity index (χ0v) is 14.7. The molecule has 0 aliphatic rings. The van der Waals surface area contributed by atoms with E-state index < -0.39 is 11.7 Å². The summed E-state index contributed by atoms with van der Waals surface area (Å²) in [4.78, 5) is 6.50. The third-order valence-corrected chi connectivity index (χ3v) is 4.82. The van der Waals surface area contributed by atoms with Gasteiger partial charge in [0.1, 0.15) is 0 Å². The van der Waals surface area contributed by atoms with Crippen LogP contribution in [0.25, 0.3) is 11.3 Å². The third kappa shape index (κ3) is 3.54. The lowest BCUT2D eigenvalue weighted by atomic mass is 10.1. The Hall–Kier alpha value is -2.34. The summed E-state index contributed by atoms with van der Waals surface area (Å²) in [6.07, 6.45) is -4.40. The molecule has 130 valence electrons. The molecule has 0 N–H and O–H groups in total. The third-order valence-electron chi connectivity index (χ3n) is 3.95. The van der Waals surface area contributed by atoms with Crippen molar-refractivity contribution in [3.8, 4) is 11.3 Å². The second kappa shape index (κ2) is 6.88. The van der Waals surface area contributed by atoms with Crippen LogP contribution in [-0.4, -0.2) is 11.5 Å². The first kappa shape index (κ1) is 17.5. The second-order valence-corrected chi connectivity index (χ2v) is 6.43. The van der Waals surface area contributed by atoms with Crippen molar-refractivity contribution < 1.29 is 13.2 Å². The van der Waals surface area contributed by atoms with E-state index in [2.05, 4.69) is 4.98 Å². The fourth-order valence-corrected chi connectivity index (χ4v) is 3.64. The number of hydrogen-bond donors (Lipinski definition) is 0. The molecule has 0 amide bonds. The lowest BCUT2D eigenvalue weighted by Gasteiger charge is -2.22. The van der Waals surface area contributed by atoms with Gasteiger partial charge in [-0.05, 0) is 31.5 Å². The summed E-state index contributed by atoms with van der Waals surface area (Å²) in [6.45, 7) is 4.68. The maximum absolute atomic E-state index is 13.2. The maximum Gasteiger partial charge on any atom is 0.417 e. The van der Waals surface area contributed by atoms with Gasteiger partial charge >= 0.3 is 6.18 Å². The first-order chi connectivity index (χ1) is 11.9. The van der Waals surface area contributed by atoms with Gasteiger partial charge in [-0.3, -0.25) is 0 Å². The summed E-state index contributed by atoms with van der Waals surface area (Å²) < 4.78 is 39.7. The Morgan fingerprint density at radius 2 is 1.72 bits per heavy atom. The maximum atomic E-state index is 13.2. The molecule has 0 atom stereocenters. The number of anilines is 2. The molecule has 25 heavy (non-hydrogen) atoms.